The zero-order valence-corrected chi connectivity index (χ0v) is 24.6. The van der Waals surface area contributed by atoms with Gasteiger partial charge in [0.2, 0.25) is 0 Å². The van der Waals surface area contributed by atoms with E-state index < -0.39 is 32.4 Å². The van der Waals surface area contributed by atoms with E-state index in [2.05, 4.69) is 24.6 Å². The molecule has 0 unspecified atom stereocenters. The number of halogens is 3. The number of hydrogen-bond donors (Lipinski definition) is 1. The Kier molecular flexibility index (Phi) is 8.47. The zero-order chi connectivity index (χ0) is 30.9. The second-order valence-electron chi connectivity index (χ2n) is 10.2. The van der Waals surface area contributed by atoms with Gasteiger partial charge in [0.25, 0.3) is 15.9 Å². The van der Waals surface area contributed by atoms with E-state index in [1.807, 2.05) is 14.0 Å². The number of rotatable bonds is 7. The van der Waals surface area contributed by atoms with E-state index in [1.165, 1.54) is 30.7 Å². The van der Waals surface area contributed by atoms with Crippen LogP contribution in [0.2, 0.25) is 0 Å². The van der Waals surface area contributed by atoms with Gasteiger partial charge >= 0.3 is 0 Å². The highest BCUT2D eigenvalue weighted by atomic mass is 32.2. The maximum atomic E-state index is 15.4. The molecule has 1 amide bonds. The summed E-state index contributed by atoms with van der Waals surface area (Å²) in [6.45, 7) is 5.86. The van der Waals surface area contributed by atoms with Crippen molar-refractivity contribution in [1.29, 1.82) is 0 Å². The molecule has 0 saturated carbocycles. The van der Waals surface area contributed by atoms with Gasteiger partial charge in [0.05, 0.1) is 28.3 Å². The summed E-state index contributed by atoms with van der Waals surface area (Å²) < 4.78 is 71.4. The molecule has 0 aliphatic carbocycles. The van der Waals surface area contributed by atoms with Gasteiger partial charge in [-0.05, 0) is 50.7 Å². The fourth-order valence-electron chi connectivity index (χ4n) is 4.89. The Morgan fingerprint density at radius 3 is 2.35 bits per heavy atom. The maximum Gasteiger partial charge on any atom is 0.264 e. The van der Waals surface area contributed by atoms with Crippen LogP contribution in [-0.4, -0.2) is 72.3 Å². The van der Waals surface area contributed by atoms with Gasteiger partial charge in [-0.3, -0.25) is 14.5 Å². The maximum absolute atomic E-state index is 15.4. The lowest BCUT2D eigenvalue weighted by molar-refractivity contribution is 0.0659. The smallest absolute Gasteiger partial charge is 0.264 e. The summed E-state index contributed by atoms with van der Waals surface area (Å²) in [6.07, 6.45) is 3.32. The number of amides is 1. The molecule has 0 spiro atoms. The summed E-state index contributed by atoms with van der Waals surface area (Å²) in [5.41, 5.74) is 2.55. The number of sulfonamides is 1. The van der Waals surface area contributed by atoms with Gasteiger partial charge in [-0.25, -0.2) is 31.6 Å². The normalized spacial score (nSPS) is 14.1. The van der Waals surface area contributed by atoms with Crippen LogP contribution in [0.4, 0.5) is 18.9 Å². The van der Waals surface area contributed by atoms with Crippen LogP contribution in [0.3, 0.4) is 0 Å². The summed E-state index contributed by atoms with van der Waals surface area (Å²) in [4.78, 5) is 29.1. The number of aromatic nitrogens is 3. The van der Waals surface area contributed by atoms with E-state index in [0.29, 0.717) is 72.4 Å². The quantitative estimate of drug-likeness (QED) is 0.324. The number of aryl methyl sites for hydroxylation is 2. The number of anilines is 1. The first-order valence-electron chi connectivity index (χ1n) is 13.5. The molecular weight excluding hydrogens is 581 g/mol. The van der Waals surface area contributed by atoms with Gasteiger partial charge in [-0.15, -0.1) is 0 Å². The molecule has 0 radical (unpaired) electrons. The fourth-order valence-corrected chi connectivity index (χ4v) is 6.06. The zero-order valence-electron chi connectivity index (χ0n) is 23.7. The van der Waals surface area contributed by atoms with Gasteiger partial charge < -0.3 is 9.80 Å². The predicted molar refractivity (Wildman–Crippen MR) is 155 cm³/mol. The molecule has 2 aromatic carbocycles. The minimum atomic E-state index is -4.44. The summed E-state index contributed by atoms with van der Waals surface area (Å²) in [6, 6.07) is 7.98. The highest BCUT2D eigenvalue weighted by molar-refractivity contribution is 7.92. The first-order chi connectivity index (χ1) is 20.5. The minimum Gasteiger partial charge on any atom is -0.336 e. The largest absolute Gasteiger partial charge is 0.336 e. The molecular formula is C30H29F3N6O3S. The molecule has 4 aromatic rings. The van der Waals surface area contributed by atoms with E-state index in [1.54, 1.807) is 17.9 Å². The van der Waals surface area contributed by atoms with Gasteiger partial charge in [0.15, 0.2) is 0 Å². The number of benzene rings is 2. The van der Waals surface area contributed by atoms with Crippen molar-refractivity contribution in [2.45, 2.75) is 25.2 Å². The minimum absolute atomic E-state index is 0.0404. The van der Waals surface area contributed by atoms with Crippen LogP contribution in [0.5, 0.6) is 0 Å². The van der Waals surface area contributed by atoms with Gasteiger partial charge in [-0.2, -0.15) is 0 Å². The van der Waals surface area contributed by atoms with Crippen LogP contribution < -0.4 is 4.72 Å². The van der Waals surface area contributed by atoms with Gasteiger partial charge in [-0.1, -0.05) is 13.0 Å². The molecule has 1 aliphatic rings. The second kappa shape index (κ2) is 12.1. The molecule has 0 bridgehead atoms. The molecule has 3 heterocycles. The third-order valence-corrected chi connectivity index (χ3v) is 8.73. The Hall–Kier alpha value is -4.36. The van der Waals surface area contributed by atoms with Gasteiger partial charge in [0.1, 0.15) is 28.7 Å². The van der Waals surface area contributed by atoms with Gasteiger partial charge in [0, 0.05) is 55.1 Å². The van der Waals surface area contributed by atoms with E-state index in [-0.39, 0.29) is 17.2 Å². The Labute approximate surface area is 247 Å². The van der Waals surface area contributed by atoms with Crippen molar-refractivity contribution in [1.82, 2.24) is 24.8 Å². The van der Waals surface area contributed by atoms with E-state index in [4.69, 9.17) is 0 Å². The summed E-state index contributed by atoms with van der Waals surface area (Å²) in [5, 5.41) is 0. The van der Waals surface area contributed by atoms with Crippen molar-refractivity contribution >= 4 is 21.6 Å². The monoisotopic (exact) mass is 610 g/mol. The Morgan fingerprint density at radius 2 is 1.67 bits per heavy atom. The molecule has 0 atom stereocenters. The van der Waals surface area contributed by atoms with Crippen molar-refractivity contribution in [3.8, 4) is 22.4 Å². The average Bonchev–Trinajstić information content (AvgIpc) is 2.97. The van der Waals surface area contributed by atoms with E-state index in [0.717, 1.165) is 12.1 Å². The lowest BCUT2D eigenvalue weighted by Gasteiger charge is -2.32. The number of carbonyl (C=O) groups excluding carboxylic acids is 1. The second-order valence-corrected chi connectivity index (χ2v) is 11.9. The van der Waals surface area contributed by atoms with Crippen LogP contribution in [-0.2, 0) is 16.4 Å². The topological polar surface area (TPSA) is 108 Å². The molecule has 13 heteroatoms. The number of piperazine rings is 1. The predicted octanol–water partition coefficient (Wildman–Crippen LogP) is 4.68. The number of likely N-dealkylation sites (N-methyl/N-ethyl adjacent to an activating group) is 1. The van der Waals surface area contributed by atoms with E-state index in [9.17, 15) is 22.0 Å². The standard InChI is InChI=1S/C30H29F3N6O3S/c1-4-25-28(20-14-26(18(2)34-16-20)37-43(41,42)27-8-6-21(31)15-24(27)33)29(36-17-35-25)19-5-7-22(23(32)13-19)30(40)39-11-9-38(3)10-12-39/h5-8,13-17,37H,4,9-12H2,1-3H3. The van der Waals surface area contributed by atoms with Crippen LogP contribution in [0.15, 0.2) is 59.9 Å². The van der Waals surface area contributed by atoms with Crippen molar-refractivity contribution in [3.63, 3.8) is 0 Å². The molecule has 1 saturated heterocycles. The Morgan fingerprint density at radius 1 is 0.930 bits per heavy atom. The average molecular weight is 611 g/mol. The van der Waals surface area contributed by atoms with Crippen LogP contribution in [0.1, 0.15) is 28.7 Å². The van der Waals surface area contributed by atoms with E-state index >= 15 is 4.39 Å². The van der Waals surface area contributed by atoms with Crippen molar-refractivity contribution in [3.05, 3.63) is 89.4 Å². The highest BCUT2D eigenvalue weighted by Gasteiger charge is 2.25. The SMILES string of the molecule is CCc1ncnc(-c2ccc(C(=O)N3CCN(C)CC3)c(F)c2)c1-c1cnc(C)c(NS(=O)(=O)c2ccc(F)cc2F)c1. The van der Waals surface area contributed by atoms with Crippen LogP contribution >= 0.6 is 0 Å². The van der Waals surface area contributed by atoms with Crippen molar-refractivity contribution < 1.29 is 26.4 Å². The number of nitrogens with zero attached hydrogens (tertiary/aromatic N) is 5. The number of nitrogens with one attached hydrogen (secondary N) is 1. The van der Waals surface area contributed by atoms with Crippen LogP contribution in [0.25, 0.3) is 22.4 Å². The molecule has 1 aliphatic heterocycles. The lowest BCUT2D eigenvalue weighted by atomic mass is 9.96. The molecule has 2 aromatic heterocycles. The van der Waals surface area contributed by atoms with Crippen LogP contribution in [0, 0.1) is 24.4 Å². The number of hydrogen-bond acceptors (Lipinski definition) is 7. The molecule has 5 rings (SSSR count). The highest BCUT2D eigenvalue weighted by Crippen LogP contribution is 2.35. The molecule has 224 valence electrons. The molecule has 43 heavy (non-hydrogen) atoms. The Balaban J connectivity index is 1.52. The molecule has 1 fully saturated rings. The third kappa shape index (κ3) is 6.22. The summed E-state index contributed by atoms with van der Waals surface area (Å²) in [5.74, 6) is -3.22. The lowest BCUT2D eigenvalue weighted by Crippen LogP contribution is -2.47. The Bertz CT molecular complexity index is 1810. The third-order valence-electron chi connectivity index (χ3n) is 7.33. The molecule has 9 nitrogen and oxygen atoms in total. The summed E-state index contributed by atoms with van der Waals surface area (Å²) in [7, 11) is -2.48. The number of pyridine rings is 1. The number of carbonyl (C=O) groups is 1. The van der Waals surface area contributed by atoms with Crippen molar-refractivity contribution in [2.24, 2.45) is 0 Å². The first-order valence-corrected chi connectivity index (χ1v) is 15.0. The fraction of sp³-hybridized carbons (Fsp3) is 0.267. The molecule has 1 N–H and O–H groups in total. The first kappa shape index (κ1) is 30.1. The summed E-state index contributed by atoms with van der Waals surface area (Å²) >= 11 is 0. The van der Waals surface area contributed by atoms with Crippen molar-refractivity contribution in [2.75, 3.05) is 37.9 Å².